The molecule has 2 N–H and O–H groups in total. The molecule has 0 saturated heterocycles. The zero-order valence-corrected chi connectivity index (χ0v) is 18.8. The number of hydrogen-bond acceptors (Lipinski definition) is 4. The standard InChI is InChI=1S/C22H29N3O4S/c1-15(2)13-23-22(27)18-11-6-7-12-19(18)24-20(26)14-25(30(5,28)29)21-16(3)9-8-10-17(21)4/h6-12,15H,13-14H2,1-5H3,(H,23,27)(H,24,26). The van der Waals surface area contributed by atoms with Crippen molar-refractivity contribution in [3.05, 3.63) is 59.2 Å². The number of aryl methyl sites for hydroxylation is 2. The molecule has 0 aliphatic heterocycles. The van der Waals surface area contributed by atoms with Crippen molar-refractivity contribution < 1.29 is 18.0 Å². The first-order valence-electron chi connectivity index (χ1n) is 9.71. The topological polar surface area (TPSA) is 95.6 Å². The van der Waals surface area contributed by atoms with Crippen molar-refractivity contribution in [2.45, 2.75) is 27.7 Å². The number of rotatable bonds is 8. The van der Waals surface area contributed by atoms with Gasteiger partial charge in [0.25, 0.3) is 5.91 Å². The minimum atomic E-state index is -3.70. The molecule has 2 aromatic carbocycles. The van der Waals surface area contributed by atoms with Gasteiger partial charge < -0.3 is 10.6 Å². The van der Waals surface area contributed by atoms with Gasteiger partial charge in [0.05, 0.1) is 23.2 Å². The number of sulfonamides is 1. The zero-order valence-electron chi connectivity index (χ0n) is 18.0. The highest BCUT2D eigenvalue weighted by Gasteiger charge is 2.24. The van der Waals surface area contributed by atoms with Crippen LogP contribution >= 0.6 is 0 Å². The summed E-state index contributed by atoms with van der Waals surface area (Å²) < 4.78 is 26.0. The van der Waals surface area contributed by atoms with E-state index in [1.807, 2.05) is 19.9 Å². The molecule has 0 atom stereocenters. The van der Waals surface area contributed by atoms with Crippen LogP contribution in [0.25, 0.3) is 0 Å². The fourth-order valence-electron chi connectivity index (χ4n) is 3.06. The molecular formula is C22H29N3O4S. The van der Waals surface area contributed by atoms with E-state index in [-0.39, 0.29) is 11.8 Å². The average Bonchev–Trinajstić information content (AvgIpc) is 2.64. The lowest BCUT2D eigenvalue weighted by molar-refractivity contribution is -0.114. The lowest BCUT2D eigenvalue weighted by atomic mass is 10.1. The summed E-state index contributed by atoms with van der Waals surface area (Å²) in [6.45, 7) is 7.68. The SMILES string of the molecule is Cc1cccc(C)c1N(CC(=O)Nc1ccccc1C(=O)NCC(C)C)S(C)(=O)=O. The fourth-order valence-corrected chi connectivity index (χ4v) is 4.03. The molecule has 0 spiro atoms. The van der Waals surface area contributed by atoms with Gasteiger partial charge in [0, 0.05) is 6.54 Å². The number of para-hydroxylation sites is 2. The number of anilines is 2. The fraction of sp³-hybridized carbons (Fsp3) is 0.364. The predicted molar refractivity (Wildman–Crippen MR) is 120 cm³/mol. The molecule has 0 unspecified atom stereocenters. The van der Waals surface area contributed by atoms with E-state index < -0.39 is 22.5 Å². The van der Waals surface area contributed by atoms with Gasteiger partial charge in [-0.1, -0.05) is 44.2 Å². The summed E-state index contributed by atoms with van der Waals surface area (Å²) in [6, 6.07) is 12.1. The van der Waals surface area contributed by atoms with Crippen LogP contribution in [-0.4, -0.2) is 39.6 Å². The van der Waals surface area contributed by atoms with Crippen molar-refractivity contribution in [2.24, 2.45) is 5.92 Å². The van der Waals surface area contributed by atoms with Gasteiger partial charge in [-0.3, -0.25) is 13.9 Å². The van der Waals surface area contributed by atoms with E-state index in [1.54, 1.807) is 50.2 Å². The van der Waals surface area contributed by atoms with E-state index in [9.17, 15) is 18.0 Å². The lowest BCUT2D eigenvalue weighted by Crippen LogP contribution is -2.38. The molecule has 0 aliphatic carbocycles. The molecular weight excluding hydrogens is 402 g/mol. The molecule has 2 rings (SSSR count). The van der Waals surface area contributed by atoms with Gasteiger partial charge >= 0.3 is 0 Å². The van der Waals surface area contributed by atoms with Gasteiger partial charge in [0.15, 0.2) is 0 Å². The molecule has 8 heteroatoms. The van der Waals surface area contributed by atoms with Gasteiger partial charge in [-0.15, -0.1) is 0 Å². The van der Waals surface area contributed by atoms with Crippen molar-refractivity contribution in [2.75, 3.05) is 29.0 Å². The average molecular weight is 432 g/mol. The summed E-state index contributed by atoms with van der Waals surface area (Å²) in [5.41, 5.74) is 2.64. The molecule has 0 bridgehead atoms. The van der Waals surface area contributed by atoms with Crippen molar-refractivity contribution in [3.63, 3.8) is 0 Å². The van der Waals surface area contributed by atoms with Crippen molar-refractivity contribution in [1.82, 2.24) is 5.32 Å². The summed E-state index contributed by atoms with van der Waals surface area (Å²) >= 11 is 0. The number of carbonyl (C=O) groups is 2. The Balaban J connectivity index is 2.26. The minimum absolute atomic E-state index is 0.288. The second kappa shape index (κ2) is 9.75. The molecule has 162 valence electrons. The smallest absolute Gasteiger partial charge is 0.253 e. The third-order valence-electron chi connectivity index (χ3n) is 4.49. The van der Waals surface area contributed by atoms with Crippen molar-refractivity contribution in [3.8, 4) is 0 Å². The van der Waals surface area contributed by atoms with Crippen LogP contribution < -0.4 is 14.9 Å². The van der Waals surface area contributed by atoms with Crippen LogP contribution in [0.3, 0.4) is 0 Å². The first-order valence-corrected chi connectivity index (χ1v) is 11.6. The summed E-state index contributed by atoms with van der Waals surface area (Å²) in [7, 11) is -3.70. The second-order valence-corrected chi connectivity index (χ2v) is 9.61. The maximum atomic E-state index is 12.8. The first kappa shape index (κ1) is 23.4. The van der Waals surface area contributed by atoms with Crippen LogP contribution in [0.15, 0.2) is 42.5 Å². The van der Waals surface area contributed by atoms with Gasteiger partial charge in [-0.05, 0) is 43.0 Å². The summed E-state index contributed by atoms with van der Waals surface area (Å²) in [4.78, 5) is 25.2. The number of nitrogens with one attached hydrogen (secondary N) is 2. The van der Waals surface area contributed by atoms with E-state index in [1.165, 1.54) is 0 Å². The largest absolute Gasteiger partial charge is 0.352 e. The zero-order chi connectivity index (χ0) is 22.5. The molecule has 0 radical (unpaired) electrons. The summed E-state index contributed by atoms with van der Waals surface area (Å²) in [5, 5.41) is 5.51. The molecule has 2 amide bonds. The van der Waals surface area contributed by atoms with Crippen LogP contribution in [0.2, 0.25) is 0 Å². The van der Waals surface area contributed by atoms with E-state index in [0.29, 0.717) is 23.5 Å². The highest BCUT2D eigenvalue weighted by Crippen LogP contribution is 2.26. The van der Waals surface area contributed by atoms with Crippen molar-refractivity contribution >= 4 is 33.2 Å². The quantitative estimate of drug-likeness (QED) is 0.671. The Bertz CT molecular complexity index is 1010. The minimum Gasteiger partial charge on any atom is -0.352 e. The second-order valence-electron chi connectivity index (χ2n) is 7.71. The number of benzene rings is 2. The van der Waals surface area contributed by atoms with E-state index in [2.05, 4.69) is 10.6 Å². The van der Waals surface area contributed by atoms with Crippen molar-refractivity contribution in [1.29, 1.82) is 0 Å². The Kier molecular flexibility index (Phi) is 7.61. The Morgan fingerprint density at radius 3 is 2.17 bits per heavy atom. The molecule has 7 nitrogen and oxygen atoms in total. The van der Waals surface area contributed by atoms with Crippen LogP contribution in [-0.2, 0) is 14.8 Å². The maximum absolute atomic E-state index is 12.8. The first-order chi connectivity index (χ1) is 14.0. The molecule has 0 saturated carbocycles. The highest BCUT2D eigenvalue weighted by atomic mass is 32.2. The Labute approximate surface area is 178 Å². The molecule has 0 heterocycles. The predicted octanol–water partition coefficient (Wildman–Crippen LogP) is 3.09. The third-order valence-corrected chi connectivity index (χ3v) is 5.61. The van der Waals surface area contributed by atoms with Crippen LogP contribution in [0.4, 0.5) is 11.4 Å². The van der Waals surface area contributed by atoms with Crippen LogP contribution in [0, 0.1) is 19.8 Å². The van der Waals surface area contributed by atoms with Gasteiger partial charge in [-0.25, -0.2) is 8.42 Å². The highest BCUT2D eigenvalue weighted by molar-refractivity contribution is 7.92. The number of nitrogens with zero attached hydrogens (tertiary/aromatic N) is 1. The molecule has 2 aromatic rings. The normalized spacial score (nSPS) is 11.3. The van der Waals surface area contributed by atoms with E-state index >= 15 is 0 Å². The molecule has 0 aromatic heterocycles. The van der Waals surface area contributed by atoms with E-state index in [4.69, 9.17) is 0 Å². The number of amides is 2. The summed E-state index contributed by atoms with van der Waals surface area (Å²) in [5.74, 6) is -0.544. The summed E-state index contributed by atoms with van der Waals surface area (Å²) in [6.07, 6.45) is 1.07. The third kappa shape index (κ3) is 6.06. The molecule has 0 fully saturated rings. The molecule has 30 heavy (non-hydrogen) atoms. The number of hydrogen-bond donors (Lipinski definition) is 2. The van der Waals surface area contributed by atoms with Crippen LogP contribution in [0.1, 0.15) is 35.3 Å². The Morgan fingerprint density at radius 1 is 1.00 bits per heavy atom. The number of carbonyl (C=O) groups excluding carboxylic acids is 2. The Hall–Kier alpha value is -2.87. The monoisotopic (exact) mass is 431 g/mol. The lowest BCUT2D eigenvalue weighted by Gasteiger charge is -2.25. The van der Waals surface area contributed by atoms with Crippen LogP contribution in [0.5, 0.6) is 0 Å². The van der Waals surface area contributed by atoms with Gasteiger partial charge in [0.1, 0.15) is 6.54 Å². The van der Waals surface area contributed by atoms with Gasteiger partial charge in [-0.2, -0.15) is 0 Å². The molecule has 0 aliphatic rings. The maximum Gasteiger partial charge on any atom is 0.253 e. The Morgan fingerprint density at radius 2 is 1.60 bits per heavy atom. The van der Waals surface area contributed by atoms with Gasteiger partial charge in [0.2, 0.25) is 15.9 Å². The van der Waals surface area contributed by atoms with E-state index in [0.717, 1.165) is 21.7 Å².